The van der Waals surface area contributed by atoms with Gasteiger partial charge in [-0.15, -0.1) is 0 Å². The fourth-order valence-electron chi connectivity index (χ4n) is 3.39. The van der Waals surface area contributed by atoms with E-state index in [4.69, 9.17) is 4.74 Å². The van der Waals surface area contributed by atoms with Gasteiger partial charge in [0.2, 0.25) is 5.91 Å². The Balaban J connectivity index is 1.60. The van der Waals surface area contributed by atoms with Crippen molar-refractivity contribution >= 4 is 23.6 Å². The Labute approximate surface area is 187 Å². The van der Waals surface area contributed by atoms with Crippen LogP contribution in [0.2, 0.25) is 0 Å². The van der Waals surface area contributed by atoms with Crippen molar-refractivity contribution in [3.05, 3.63) is 77.2 Å². The van der Waals surface area contributed by atoms with Gasteiger partial charge in [-0.05, 0) is 49.8 Å². The largest absolute Gasteiger partial charge is 0.459 e. The van der Waals surface area contributed by atoms with Crippen molar-refractivity contribution in [3.8, 4) is 5.75 Å². The molecule has 1 aliphatic heterocycles. The molecule has 8 heteroatoms. The molecule has 4 rings (SSSR count). The average molecular weight is 431 g/mol. The summed E-state index contributed by atoms with van der Waals surface area (Å²) in [5, 5.41) is 9.32. The lowest BCUT2D eigenvalue weighted by atomic mass is 10.1. The number of pyridine rings is 1. The zero-order valence-electron chi connectivity index (χ0n) is 18.3. The van der Waals surface area contributed by atoms with Crippen LogP contribution in [0.5, 0.6) is 5.75 Å². The second-order valence-electron chi connectivity index (χ2n) is 7.61. The van der Waals surface area contributed by atoms with Crippen molar-refractivity contribution in [3.63, 3.8) is 0 Å². The molecule has 0 bridgehead atoms. The zero-order valence-corrected chi connectivity index (χ0v) is 18.3. The zero-order chi connectivity index (χ0) is 22.5. The van der Waals surface area contributed by atoms with Crippen LogP contribution < -0.4 is 20.7 Å². The number of carbonyl (C=O) groups excluding carboxylic acids is 1. The Bertz CT molecular complexity index is 1130. The van der Waals surface area contributed by atoms with Gasteiger partial charge in [-0.25, -0.2) is 9.97 Å². The molecule has 3 heterocycles. The molecule has 1 amide bonds. The van der Waals surface area contributed by atoms with Crippen LogP contribution in [0.4, 0.5) is 11.6 Å². The molecule has 2 aromatic heterocycles. The van der Waals surface area contributed by atoms with Crippen molar-refractivity contribution in [1.82, 2.24) is 20.3 Å². The highest BCUT2D eigenvalue weighted by atomic mass is 16.5. The minimum absolute atomic E-state index is 0.0794. The maximum absolute atomic E-state index is 12.2. The van der Waals surface area contributed by atoms with Gasteiger partial charge in [-0.2, -0.15) is 0 Å². The predicted molar refractivity (Wildman–Crippen MR) is 125 cm³/mol. The quantitative estimate of drug-likeness (QED) is 0.666. The van der Waals surface area contributed by atoms with E-state index in [1.54, 1.807) is 13.2 Å². The summed E-state index contributed by atoms with van der Waals surface area (Å²) in [6.07, 6.45) is 13.6. The number of rotatable bonds is 5. The van der Waals surface area contributed by atoms with Crippen LogP contribution in [0.1, 0.15) is 24.6 Å². The normalized spacial score (nSPS) is 17.5. The van der Waals surface area contributed by atoms with Gasteiger partial charge < -0.3 is 20.7 Å². The van der Waals surface area contributed by atoms with Crippen LogP contribution in [-0.2, 0) is 4.79 Å². The van der Waals surface area contributed by atoms with E-state index in [1.165, 1.54) is 6.33 Å². The van der Waals surface area contributed by atoms with Gasteiger partial charge in [0.15, 0.2) is 0 Å². The number of carbonyl (C=O) groups is 1. The van der Waals surface area contributed by atoms with E-state index in [0.29, 0.717) is 35.9 Å². The van der Waals surface area contributed by atoms with Gasteiger partial charge >= 0.3 is 0 Å². The highest BCUT2D eigenvalue weighted by Gasteiger charge is 2.18. The highest BCUT2D eigenvalue weighted by Crippen LogP contribution is 2.29. The van der Waals surface area contributed by atoms with Gasteiger partial charge in [0.05, 0.1) is 11.8 Å². The average Bonchev–Trinajstić information content (AvgIpc) is 3.12. The summed E-state index contributed by atoms with van der Waals surface area (Å²) in [6.45, 7) is 4.64. The molecule has 2 aromatic rings. The third-order valence-electron chi connectivity index (χ3n) is 5.23. The lowest BCUT2D eigenvalue weighted by Crippen LogP contribution is -2.20. The number of nitrogens with one attached hydrogen (secondary N) is 3. The van der Waals surface area contributed by atoms with Crippen molar-refractivity contribution in [2.75, 3.05) is 24.2 Å². The van der Waals surface area contributed by atoms with E-state index in [1.807, 2.05) is 43.4 Å². The van der Waals surface area contributed by atoms with Crippen molar-refractivity contribution < 1.29 is 9.53 Å². The molecule has 8 nitrogen and oxygen atoms in total. The van der Waals surface area contributed by atoms with Gasteiger partial charge in [-0.3, -0.25) is 9.78 Å². The van der Waals surface area contributed by atoms with Crippen LogP contribution in [0.25, 0.3) is 6.08 Å². The number of nitrogens with zero attached hydrogens (tertiary/aromatic N) is 3. The maximum Gasteiger partial charge on any atom is 0.247 e. The summed E-state index contributed by atoms with van der Waals surface area (Å²) in [5.74, 6) is 2.80. The Morgan fingerprint density at radius 2 is 2.09 bits per heavy atom. The van der Waals surface area contributed by atoms with Crippen molar-refractivity contribution in [2.45, 2.75) is 20.3 Å². The van der Waals surface area contributed by atoms with E-state index in [9.17, 15) is 4.79 Å². The Hall–Kier alpha value is -3.94. The summed E-state index contributed by atoms with van der Waals surface area (Å²) >= 11 is 0. The molecule has 0 fully saturated rings. The fourth-order valence-corrected chi connectivity index (χ4v) is 3.39. The first-order chi connectivity index (χ1) is 15.5. The lowest BCUT2D eigenvalue weighted by molar-refractivity contribution is -0.117. The summed E-state index contributed by atoms with van der Waals surface area (Å²) < 4.78 is 6.05. The monoisotopic (exact) mass is 430 g/mol. The SMILES string of the molecule is CNC(=O)C1=Cc2c(ncnc2NC2=CC=C(Oc3ccc(C)nc3)C(C)C=C2)NCC1. The number of ether oxygens (including phenoxy) is 1. The summed E-state index contributed by atoms with van der Waals surface area (Å²) in [5.41, 5.74) is 3.22. The first kappa shape index (κ1) is 21.3. The topological polar surface area (TPSA) is 101 Å². The number of fused-ring (bicyclic) bond motifs is 1. The maximum atomic E-state index is 12.2. The van der Waals surface area contributed by atoms with Crippen LogP contribution in [-0.4, -0.2) is 34.5 Å². The van der Waals surface area contributed by atoms with Crippen LogP contribution in [0, 0.1) is 12.8 Å². The molecule has 164 valence electrons. The highest BCUT2D eigenvalue weighted by molar-refractivity contribution is 5.99. The summed E-state index contributed by atoms with van der Waals surface area (Å²) in [6, 6.07) is 3.83. The van der Waals surface area contributed by atoms with Gasteiger partial charge in [0.25, 0.3) is 0 Å². The molecule has 1 unspecified atom stereocenters. The number of allylic oxidation sites excluding steroid dienone is 4. The molecule has 32 heavy (non-hydrogen) atoms. The number of likely N-dealkylation sites (N-methyl/N-ethyl adjacent to an activating group) is 1. The fraction of sp³-hybridized carbons (Fsp3) is 0.250. The van der Waals surface area contributed by atoms with Crippen LogP contribution in [0.3, 0.4) is 0 Å². The van der Waals surface area contributed by atoms with E-state index in [-0.39, 0.29) is 11.8 Å². The first-order valence-corrected chi connectivity index (χ1v) is 10.5. The number of hydrogen-bond donors (Lipinski definition) is 3. The predicted octanol–water partition coefficient (Wildman–Crippen LogP) is 3.59. The summed E-state index contributed by atoms with van der Waals surface area (Å²) in [7, 11) is 1.63. The van der Waals surface area contributed by atoms with Crippen LogP contribution in [0.15, 0.2) is 66.0 Å². The Kier molecular flexibility index (Phi) is 6.30. The first-order valence-electron chi connectivity index (χ1n) is 10.5. The Morgan fingerprint density at radius 3 is 2.88 bits per heavy atom. The van der Waals surface area contributed by atoms with Crippen LogP contribution >= 0.6 is 0 Å². The molecule has 1 aliphatic carbocycles. The molecule has 0 spiro atoms. The molecule has 0 radical (unpaired) electrons. The molecular formula is C24H26N6O2. The van der Waals surface area contributed by atoms with Crippen molar-refractivity contribution in [1.29, 1.82) is 0 Å². The third-order valence-corrected chi connectivity index (χ3v) is 5.23. The van der Waals surface area contributed by atoms with E-state index in [2.05, 4.69) is 43.9 Å². The molecule has 0 saturated carbocycles. The number of hydrogen-bond acceptors (Lipinski definition) is 7. The molecule has 3 N–H and O–H groups in total. The second kappa shape index (κ2) is 9.47. The van der Waals surface area contributed by atoms with E-state index < -0.39 is 0 Å². The van der Waals surface area contributed by atoms with Crippen molar-refractivity contribution in [2.24, 2.45) is 5.92 Å². The number of anilines is 2. The third kappa shape index (κ3) is 4.85. The molecular weight excluding hydrogens is 404 g/mol. The molecule has 0 aromatic carbocycles. The Morgan fingerprint density at radius 1 is 1.22 bits per heavy atom. The smallest absolute Gasteiger partial charge is 0.247 e. The second-order valence-corrected chi connectivity index (χ2v) is 7.61. The molecule has 1 atom stereocenters. The lowest BCUT2D eigenvalue weighted by Gasteiger charge is -2.12. The molecule has 0 saturated heterocycles. The molecule has 2 aliphatic rings. The minimum atomic E-state index is -0.104. The van der Waals surface area contributed by atoms with Gasteiger partial charge in [0.1, 0.15) is 29.5 Å². The van der Waals surface area contributed by atoms with Gasteiger partial charge in [-0.1, -0.05) is 13.0 Å². The number of amides is 1. The van der Waals surface area contributed by atoms with Gasteiger partial charge in [0, 0.05) is 36.5 Å². The minimum Gasteiger partial charge on any atom is -0.459 e. The standard InChI is InChI=1S/C24H26N6O2/c1-15-4-6-18(7-9-21(15)32-19-8-5-16(2)27-13-19)30-23-20-12-17(24(31)25-3)10-11-26-22(20)28-14-29-23/h4-9,12-15H,10-11H2,1-3H3,(H,25,31)(H2,26,28,29,30). The number of aromatic nitrogens is 3. The summed E-state index contributed by atoms with van der Waals surface area (Å²) in [4.78, 5) is 25.2. The van der Waals surface area contributed by atoms with E-state index in [0.717, 1.165) is 22.7 Å². The number of aryl methyl sites for hydroxylation is 1. The van der Waals surface area contributed by atoms with E-state index >= 15 is 0 Å².